The van der Waals surface area contributed by atoms with Crippen molar-refractivity contribution in [2.75, 3.05) is 26.4 Å². The third kappa shape index (κ3) is 7.60. The summed E-state index contributed by atoms with van der Waals surface area (Å²) in [6.45, 7) is 12.9. The van der Waals surface area contributed by atoms with Gasteiger partial charge in [0.2, 0.25) is 19.5 Å². The summed E-state index contributed by atoms with van der Waals surface area (Å²) in [5, 5.41) is 0. The van der Waals surface area contributed by atoms with Gasteiger partial charge in [-0.15, -0.1) is 0 Å². The highest BCUT2D eigenvalue weighted by molar-refractivity contribution is 6.72. The minimum atomic E-state index is -3.34. The molecule has 4 radical (unpaired) electrons. The summed E-state index contributed by atoms with van der Waals surface area (Å²) in [6, 6.07) is 0. The quantitative estimate of drug-likeness (QED) is 0.428. The number of hydrogen-bond donors (Lipinski definition) is 0. The van der Waals surface area contributed by atoms with Gasteiger partial charge in [0, 0.05) is 26.4 Å². The molecule has 0 aliphatic heterocycles. The molecule has 0 fully saturated rings. The molecule has 0 saturated heterocycles. The molecule has 21 heavy (non-hydrogen) atoms. The molecule has 0 aromatic rings. The molecule has 0 unspecified atom stereocenters. The van der Waals surface area contributed by atoms with Crippen LogP contribution in [-0.4, -0.2) is 64.0 Å². The molecular formula is C10H26O7Si4. The Bertz CT molecular complexity index is 202. The lowest BCUT2D eigenvalue weighted by molar-refractivity contribution is -0.0223. The lowest BCUT2D eigenvalue weighted by Crippen LogP contribution is -2.62. The van der Waals surface area contributed by atoms with Gasteiger partial charge in [0.25, 0.3) is 0 Å². The lowest BCUT2D eigenvalue weighted by atomic mass is 10.9. The molecule has 0 heterocycles. The zero-order valence-corrected chi connectivity index (χ0v) is 17.7. The van der Waals surface area contributed by atoms with Gasteiger partial charge >= 0.3 is 18.1 Å². The van der Waals surface area contributed by atoms with E-state index in [2.05, 4.69) is 0 Å². The highest BCUT2D eigenvalue weighted by Crippen LogP contribution is 2.21. The molecule has 0 saturated carbocycles. The fourth-order valence-electron chi connectivity index (χ4n) is 1.47. The summed E-state index contributed by atoms with van der Waals surface area (Å²) >= 11 is 0. The second kappa shape index (κ2) is 12.1. The van der Waals surface area contributed by atoms with E-state index in [9.17, 15) is 0 Å². The van der Waals surface area contributed by atoms with E-state index in [-0.39, 0.29) is 19.5 Å². The molecule has 0 rings (SSSR count). The highest BCUT2D eigenvalue weighted by atomic mass is 28.5. The van der Waals surface area contributed by atoms with Crippen molar-refractivity contribution in [3.63, 3.8) is 0 Å². The summed E-state index contributed by atoms with van der Waals surface area (Å²) in [7, 11) is -6.35. The Hall–Kier alpha value is 0.588. The summed E-state index contributed by atoms with van der Waals surface area (Å²) in [5.41, 5.74) is 0. The van der Waals surface area contributed by atoms with Crippen molar-refractivity contribution in [2.45, 2.75) is 40.8 Å². The molecule has 11 heteroatoms. The van der Waals surface area contributed by atoms with Crippen LogP contribution in [0.25, 0.3) is 0 Å². The Kier molecular flexibility index (Phi) is 12.4. The average Bonchev–Trinajstić information content (AvgIpc) is 2.40. The van der Waals surface area contributed by atoms with Gasteiger partial charge in [0.05, 0.1) is 0 Å². The fraction of sp³-hybridized carbons (Fsp3) is 1.00. The second-order valence-electron chi connectivity index (χ2n) is 3.45. The largest absolute Gasteiger partial charge is 0.663 e. The molecule has 0 N–H and O–H groups in total. The molecule has 0 aromatic heterocycles. The van der Waals surface area contributed by atoms with E-state index in [4.69, 9.17) is 30.0 Å². The maximum atomic E-state index is 6.03. The Morgan fingerprint density at radius 1 is 0.619 bits per heavy atom. The van der Waals surface area contributed by atoms with Gasteiger partial charge in [-0.3, -0.25) is 0 Å². The van der Waals surface area contributed by atoms with Crippen LogP contribution in [0, 0.1) is 0 Å². The van der Waals surface area contributed by atoms with E-state index >= 15 is 0 Å². The van der Waals surface area contributed by atoms with Crippen LogP contribution in [0.2, 0.25) is 13.1 Å². The van der Waals surface area contributed by atoms with E-state index in [1.165, 1.54) is 0 Å². The van der Waals surface area contributed by atoms with Gasteiger partial charge in [0.1, 0.15) is 0 Å². The fourth-order valence-corrected chi connectivity index (χ4v) is 9.25. The zero-order chi connectivity index (χ0) is 16.2. The van der Waals surface area contributed by atoms with Crippen molar-refractivity contribution in [3.05, 3.63) is 0 Å². The standard InChI is InChI=1S/C10H26O7Si4/c1-7-11-20(12-8-2,15-18-5)17-21(13-9-3,14-10-4)16-19-6/h7-10H2,1-6H3. The molecule has 0 bridgehead atoms. The minimum Gasteiger partial charge on any atom is -0.394 e. The summed E-state index contributed by atoms with van der Waals surface area (Å²) in [6.07, 6.45) is 0. The third-order valence-corrected chi connectivity index (χ3v) is 10.2. The topological polar surface area (TPSA) is 64.6 Å². The Morgan fingerprint density at radius 3 is 1.10 bits per heavy atom. The minimum absolute atomic E-state index is 0.165. The Morgan fingerprint density at radius 2 is 0.905 bits per heavy atom. The highest BCUT2D eigenvalue weighted by Gasteiger charge is 2.58. The SMILES string of the molecule is CCO[Si](OCC)(O[Si]C)O[Si](OCC)(OCC)O[Si]C. The van der Waals surface area contributed by atoms with E-state index in [0.29, 0.717) is 26.4 Å². The Balaban J connectivity index is 5.30. The zero-order valence-electron chi connectivity index (χ0n) is 13.7. The van der Waals surface area contributed by atoms with Crippen LogP contribution in [0.5, 0.6) is 0 Å². The van der Waals surface area contributed by atoms with Gasteiger partial charge in [-0.1, -0.05) is 0 Å². The van der Waals surface area contributed by atoms with Crippen molar-refractivity contribution in [3.8, 4) is 0 Å². The molecule has 0 amide bonds. The predicted molar refractivity (Wildman–Crippen MR) is 84.5 cm³/mol. The smallest absolute Gasteiger partial charge is 0.394 e. The van der Waals surface area contributed by atoms with Crippen LogP contribution in [0.1, 0.15) is 27.7 Å². The van der Waals surface area contributed by atoms with Crippen molar-refractivity contribution >= 4 is 37.6 Å². The molecule has 0 spiro atoms. The third-order valence-electron chi connectivity index (χ3n) is 1.99. The van der Waals surface area contributed by atoms with Crippen LogP contribution in [0.4, 0.5) is 0 Å². The van der Waals surface area contributed by atoms with Gasteiger partial charge in [0.15, 0.2) is 0 Å². The first-order valence-electron chi connectivity index (χ1n) is 7.02. The van der Waals surface area contributed by atoms with E-state index < -0.39 is 18.1 Å². The average molecular weight is 371 g/mol. The molecule has 0 aromatic carbocycles. The van der Waals surface area contributed by atoms with Gasteiger partial charge in [-0.2, -0.15) is 0 Å². The van der Waals surface area contributed by atoms with E-state index in [1.54, 1.807) is 0 Å². The van der Waals surface area contributed by atoms with Gasteiger partial charge < -0.3 is 30.0 Å². The lowest BCUT2D eigenvalue weighted by Gasteiger charge is -2.35. The van der Waals surface area contributed by atoms with Gasteiger partial charge in [-0.25, -0.2) is 0 Å². The first-order valence-corrected chi connectivity index (χ1v) is 13.1. The van der Waals surface area contributed by atoms with Gasteiger partial charge in [-0.05, 0) is 40.8 Å². The normalized spacial score (nSPS) is 12.9. The summed E-state index contributed by atoms with van der Waals surface area (Å²) < 4.78 is 40.2. The maximum Gasteiger partial charge on any atom is 0.663 e. The summed E-state index contributed by atoms with van der Waals surface area (Å²) in [5.74, 6) is 0. The molecule has 7 nitrogen and oxygen atoms in total. The monoisotopic (exact) mass is 370 g/mol. The van der Waals surface area contributed by atoms with Crippen LogP contribution in [-0.2, 0) is 30.0 Å². The molecule has 124 valence electrons. The van der Waals surface area contributed by atoms with Crippen molar-refractivity contribution in [1.29, 1.82) is 0 Å². The first kappa shape index (κ1) is 21.6. The molecule has 0 atom stereocenters. The molecular weight excluding hydrogens is 344 g/mol. The predicted octanol–water partition coefficient (Wildman–Crippen LogP) is 1.39. The molecule has 0 aliphatic carbocycles. The van der Waals surface area contributed by atoms with E-state index in [1.807, 2.05) is 40.8 Å². The van der Waals surface area contributed by atoms with Crippen LogP contribution >= 0.6 is 0 Å². The van der Waals surface area contributed by atoms with Crippen LogP contribution < -0.4 is 0 Å². The first-order chi connectivity index (χ1) is 10.1. The molecule has 0 aliphatic rings. The maximum absolute atomic E-state index is 6.03. The second-order valence-corrected chi connectivity index (χ2v) is 9.87. The van der Waals surface area contributed by atoms with Crippen LogP contribution in [0.3, 0.4) is 0 Å². The van der Waals surface area contributed by atoms with Crippen molar-refractivity contribution in [1.82, 2.24) is 0 Å². The van der Waals surface area contributed by atoms with Crippen molar-refractivity contribution in [2.24, 2.45) is 0 Å². The Labute approximate surface area is 135 Å². The number of rotatable bonds is 14. The summed E-state index contributed by atoms with van der Waals surface area (Å²) in [4.78, 5) is 0. The van der Waals surface area contributed by atoms with Crippen LogP contribution in [0.15, 0.2) is 0 Å². The van der Waals surface area contributed by atoms with E-state index in [0.717, 1.165) is 0 Å². The van der Waals surface area contributed by atoms with Crippen molar-refractivity contribution < 1.29 is 30.0 Å². The number of hydrogen-bond acceptors (Lipinski definition) is 7.